The van der Waals surface area contributed by atoms with Crippen LogP contribution in [-0.2, 0) is 11.2 Å². The van der Waals surface area contributed by atoms with Crippen molar-refractivity contribution in [1.29, 1.82) is 0 Å². The van der Waals surface area contributed by atoms with Crippen LogP contribution < -0.4 is 5.32 Å². The van der Waals surface area contributed by atoms with Crippen molar-refractivity contribution in [3.05, 3.63) is 21.9 Å². The number of aryl methyl sites for hydroxylation is 1. The van der Waals surface area contributed by atoms with E-state index < -0.39 is 5.97 Å². The molecule has 2 unspecified atom stereocenters. The minimum Gasteiger partial charge on any atom is -0.481 e. The van der Waals surface area contributed by atoms with Crippen molar-refractivity contribution in [3.63, 3.8) is 0 Å². The monoisotopic (exact) mass is 239 g/mol. The SMILES string of the molecule is CC(CNC1CCCc2sccc21)C(=O)O. The minimum atomic E-state index is -0.728. The van der Waals surface area contributed by atoms with Gasteiger partial charge in [-0.05, 0) is 36.3 Å². The summed E-state index contributed by atoms with van der Waals surface area (Å²) in [4.78, 5) is 12.2. The number of aliphatic carboxylic acids is 1. The van der Waals surface area contributed by atoms with Crippen LogP contribution in [0.1, 0.15) is 36.2 Å². The number of hydrogen-bond donors (Lipinski definition) is 2. The van der Waals surface area contributed by atoms with Crippen molar-refractivity contribution < 1.29 is 9.90 Å². The van der Waals surface area contributed by atoms with E-state index in [9.17, 15) is 4.79 Å². The fraction of sp³-hybridized carbons (Fsp3) is 0.583. The summed E-state index contributed by atoms with van der Waals surface area (Å²) >= 11 is 1.81. The second kappa shape index (κ2) is 4.97. The quantitative estimate of drug-likeness (QED) is 0.848. The molecule has 0 aliphatic heterocycles. The summed E-state index contributed by atoms with van der Waals surface area (Å²) in [6, 6.07) is 2.53. The fourth-order valence-corrected chi connectivity index (χ4v) is 3.09. The maximum absolute atomic E-state index is 10.7. The van der Waals surface area contributed by atoms with Crippen molar-refractivity contribution in [3.8, 4) is 0 Å². The van der Waals surface area contributed by atoms with E-state index in [0.717, 1.165) is 6.42 Å². The Kier molecular flexibility index (Phi) is 3.61. The van der Waals surface area contributed by atoms with Gasteiger partial charge < -0.3 is 10.4 Å². The second-order valence-electron chi connectivity index (χ2n) is 4.39. The van der Waals surface area contributed by atoms with E-state index >= 15 is 0 Å². The second-order valence-corrected chi connectivity index (χ2v) is 5.39. The largest absolute Gasteiger partial charge is 0.481 e. The highest BCUT2D eigenvalue weighted by Gasteiger charge is 2.22. The standard InChI is InChI=1S/C12H17NO2S/c1-8(12(14)15)7-13-10-3-2-4-11-9(10)5-6-16-11/h5-6,8,10,13H,2-4,7H2,1H3,(H,14,15). The van der Waals surface area contributed by atoms with Gasteiger partial charge >= 0.3 is 5.97 Å². The molecule has 0 aromatic carbocycles. The molecule has 0 amide bonds. The molecular weight excluding hydrogens is 222 g/mol. The lowest BCUT2D eigenvalue weighted by Crippen LogP contribution is -2.31. The number of fused-ring (bicyclic) bond motifs is 1. The van der Waals surface area contributed by atoms with Crippen molar-refractivity contribution in [2.45, 2.75) is 32.2 Å². The van der Waals surface area contributed by atoms with Crippen LogP contribution in [0.5, 0.6) is 0 Å². The topological polar surface area (TPSA) is 49.3 Å². The van der Waals surface area contributed by atoms with Gasteiger partial charge in [-0.2, -0.15) is 0 Å². The number of carboxylic acid groups (broad SMARTS) is 1. The molecule has 0 bridgehead atoms. The zero-order valence-electron chi connectivity index (χ0n) is 9.40. The number of thiophene rings is 1. The molecule has 1 heterocycles. The Labute approximate surface area is 99.5 Å². The van der Waals surface area contributed by atoms with Gasteiger partial charge in [0.1, 0.15) is 0 Å². The van der Waals surface area contributed by atoms with Crippen molar-refractivity contribution in [1.82, 2.24) is 5.32 Å². The average molecular weight is 239 g/mol. The molecule has 4 heteroatoms. The number of nitrogens with one attached hydrogen (secondary N) is 1. The van der Waals surface area contributed by atoms with Crippen molar-refractivity contribution >= 4 is 17.3 Å². The van der Waals surface area contributed by atoms with Gasteiger partial charge in [-0.3, -0.25) is 4.79 Å². The van der Waals surface area contributed by atoms with Crippen LogP contribution in [-0.4, -0.2) is 17.6 Å². The van der Waals surface area contributed by atoms with E-state index in [1.807, 2.05) is 11.3 Å². The molecule has 2 N–H and O–H groups in total. The molecule has 88 valence electrons. The number of carboxylic acids is 1. The lowest BCUT2D eigenvalue weighted by molar-refractivity contribution is -0.141. The third-order valence-electron chi connectivity index (χ3n) is 3.14. The molecule has 0 saturated heterocycles. The van der Waals surface area contributed by atoms with E-state index in [2.05, 4.69) is 16.8 Å². The maximum atomic E-state index is 10.7. The molecule has 0 fully saturated rings. The summed E-state index contributed by atoms with van der Waals surface area (Å²) in [7, 11) is 0. The Morgan fingerprint density at radius 2 is 2.56 bits per heavy atom. The number of carbonyl (C=O) groups is 1. The first-order chi connectivity index (χ1) is 7.68. The first-order valence-corrected chi connectivity index (χ1v) is 6.59. The third-order valence-corrected chi connectivity index (χ3v) is 4.14. The highest BCUT2D eigenvalue weighted by Crippen LogP contribution is 2.33. The highest BCUT2D eigenvalue weighted by atomic mass is 32.1. The van der Waals surface area contributed by atoms with Gasteiger partial charge in [-0.15, -0.1) is 11.3 Å². The van der Waals surface area contributed by atoms with Gasteiger partial charge in [0.2, 0.25) is 0 Å². The van der Waals surface area contributed by atoms with E-state index in [0.29, 0.717) is 12.6 Å². The summed E-state index contributed by atoms with van der Waals surface area (Å²) in [6.07, 6.45) is 3.50. The minimum absolute atomic E-state index is 0.316. The Bertz CT molecular complexity index is 375. The van der Waals surface area contributed by atoms with Gasteiger partial charge in [-0.1, -0.05) is 6.92 Å². The first-order valence-electron chi connectivity index (χ1n) is 5.71. The lowest BCUT2D eigenvalue weighted by atomic mass is 9.93. The third kappa shape index (κ3) is 2.44. The van der Waals surface area contributed by atoms with Crippen molar-refractivity contribution in [2.24, 2.45) is 5.92 Å². The van der Waals surface area contributed by atoms with Crippen LogP contribution in [0.4, 0.5) is 0 Å². The molecule has 3 nitrogen and oxygen atoms in total. The van der Waals surface area contributed by atoms with Gasteiger partial charge in [-0.25, -0.2) is 0 Å². The molecular formula is C12H17NO2S. The summed E-state index contributed by atoms with van der Waals surface area (Å²) in [5.41, 5.74) is 1.38. The molecule has 1 aromatic heterocycles. The Hall–Kier alpha value is -0.870. The number of rotatable bonds is 4. The van der Waals surface area contributed by atoms with Gasteiger partial charge in [0.25, 0.3) is 0 Å². The summed E-state index contributed by atoms with van der Waals surface area (Å²) in [5, 5.41) is 14.3. The molecule has 0 radical (unpaired) electrons. The van der Waals surface area contributed by atoms with E-state index in [4.69, 9.17) is 5.11 Å². The predicted octanol–water partition coefficient (Wildman–Crippen LogP) is 2.44. The molecule has 1 aromatic rings. The summed E-state index contributed by atoms with van der Waals surface area (Å²) in [6.45, 7) is 2.29. The van der Waals surface area contributed by atoms with Crippen LogP contribution in [0, 0.1) is 5.92 Å². The fourth-order valence-electron chi connectivity index (χ4n) is 2.10. The van der Waals surface area contributed by atoms with Crippen LogP contribution in [0.15, 0.2) is 11.4 Å². The summed E-state index contributed by atoms with van der Waals surface area (Å²) < 4.78 is 0. The van der Waals surface area contributed by atoms with E-state index in [-0.39, 0.29) is 5.92 Å². The first kappa shape index (κ1) is 11.6. The Morgan fingerprint density at radius 3 is 3.31 bits per heavy atom. The molecule has 16 heavy (non-hydrogen) atoms. The molecule has 0 spiro atoms. The highest BCUT2D eigenvalue weighted by molar-refractivity contribution is 7.10. The van der Waals surface area contributed by atoms with Crippen LogP contribution >= 0.6 is 11.3 Å². The van der Waals surface area contributed by atoms with Crippen LogP contribution in [0.3, 0.4) is 0 Å². The van der Waals surface area contributed by atoms with Crippen LogP contribution in [0.2, 0.25) is 0 Å². The van der Waals surface area contributed by atoms with Crippen LogP contribution in [0.25, 0.3) is 0 Å². The number of hydrogen-bond acceptors (Lipinski definition) is 3. The predicted molar refractivity (Wildman–Crippen MR) is 64.8 cm³/mol. The van der Waals surface area contributed by atoms with Gasteiger partial charge in [0, 0.05) is 17.5 Å². The smallest absolute Gasteiger partial charge is 0.307 e. The molecule has 1 aliphatic carbocycles. The zero-order chi connectivity index (χ0) is 11.5. The van der Waals surface area contributed by atoms with E-state index in [1.165, 1.54) is 23.3 Å². The van der Waals surface area contributed by atoms with Crippen molar-refractivity contribution in [2.75, 3.05) is 6.54 Å². The normalized spacial score (nSPS) is 21.4. The molecule has 2 rings (SSSR count). The molecule has 1 aliphatic rings. The van der Waals surface area contributed by atoms with E-state index in [1.54, 1.807) is 6.92 Å². The zero-order valence-corrected chi connectivity index (χ0v) is 10.2. The maximum Gasteiger partial charge on any atom is 0.307 e. The van der Waals surface area contributed by atoms with Gasteiger partial charge in [0.05, 0.1) is 5.92 Å². The Balaban J connectivity index is 1.95. The molecule has 2 atom stereocenters. The average Bonchev–Trinajstić information content (AvgIpc) is 2.73. The van der Waals surface area contributed by atoms with Gasteiger partial charge in [0.15, 0.2) is 0 Å². The Morgan fingerprint density at radius 1 is 1.75 bits per heavy atom. The summed E-state index contributed by atoms with van der Waals surface area (Å²) in [5.74, 6) is -1.04. The lowest BCUT2D eigenvalue weighted by Gasteiger charge is -2.24. The molecule has 0 saturated carbocycles.